The first-order valence-electron chi connectivity index (χ1n) is 19.2. The lowest BCUT2D eigenvalue weighted by Gasteiger charge is -2.66. The topological polar surface area (TPSA) is 206 Å². The summed E-state index contributed by atoms with van der Waals surface area (Å²) in [6, 6.07) is -1.07. The van der Waals surface area contributed by atoms with Gasteiger partial charge in [0, 0.05) is 31.6 Å². The molecule has 15 heteroatoms. The summed E-state index contributed by atoms with van der Waals surface area (Å²) in [5.74, 6) is -3.11. The summed E-state index contributed by atoms with van der Waals surface area (Å²) < 4.78 is 42.4. The first kappa shape index (κ1) is 44.6. The lowest BCUT2D eigenvalue weighted by atomic mass is 9.52. The van der Waals surface area contributed by atoms with Crippen molar-refractivity contribution in [2.24, 2.45) is 17.3 Å². The molecule has 0 spiro atoms. The standard InChI is InChI=1S/C40H63NO14/c1-13-30-52-28-18-29-40(19-49-29,54-23(6)43)33-26(44)17-24(32(50-22(5)42)34(53-30)39(28,33)12)21(4)27(14-15-38(10,11)48)51-35(46)31(45)25(16-20(2)3)41-36(47)55-37(7,8)9/h13,20,25-34,44-45,48H,1,14-19H2,2-12H3,(H,41,47)/b24-21+/t25?,26-,27+,28+,29-,30+,31-,32+,33+,34+,39-,40+/m1/s1. The van der Waals surface area contributed by atoms with E-state index in [9.17, 15) is 34.5 Å². The smallest absolute Gasteiger partial charge is 0.407 e. The zero-order valence-corrected chi connectivity index (χ0v) is 34.2. The number of esters is 3. The van der Waals surface area contributed by atoms with Crippen LogP contribution in [0.25, 0.3) is 0 Å². The molecule has 0 aromatic heterocycles. The first-order chi connectivity index (χ1) is 25.3. The predicted octanol–water partition coefficient (Wildman–Crippen LogP) is 3.79. The molecule has 312 valence electrons. The number of hydrogen-bond acceptors (Lipinski definition) is 14. The summed E-state index contributed by atoms with van der Waals surface area (Å²) in [7, 11) is 0. The number of fused-ring (bicyclic) bond motifs is 2. The highest BCUT2D eigenvalue weighted by atomic mass is 16.7. The average Bonchev–Trinajstić information content (AvgIpc) is 3.12. The van der Waals surface area contributed by atoms with Crippen molar-refractivity contribution < 1.29 is 67.7 Å². The molecule has 2 saturated carbocycles. The van der Waals surface area contributed by atoms with Gasteiger partial charge in [-0.2, -0.15) is 0 Å². The SMILES string of the molecule is C=C[C@H]1O[C@H]2C[C@H]3OC[C@@]3(OC(C)=O)[C@H]3[C@H](O)C/C(=C(/C)[C@H](CCC(C)(C)O)OC(=O)[C@H](O)C(CC(C)C)NC(=O)OC(C)(C)C)[C@H](OC(C)=O)[C@H](O1)[C@]23C. The second-order valence-corrected chi connectivity index (χ2v) is 17.8. The van der Waals surface area contributed by atoms with Crippen LogP contribution in [0.3, 0.4) is 0 Å². The van der Waals surface area contributed by atoms with E-state index in [4.69, 9.17) is 33.2 Å². The lowest BCUT2D eigenvalue weighted by Crippen LogP contribution is -2.79. The predicted molar refractivity (Wildman–Crippen MR) is 197 cm³/mol. The van der Waals surface area contributed by atoms with Crippen molar-refractivity contribution in [3.63, 3.8) is 0 Å². The minimum Gasteiger partial charge on any atom is -0.456 e. The van der Waals surface area contributed by atoms with E-state index in [2.05, 4.69) is 11.9 Å². The highest BCUT2D eigenvalue weighted by molar-refractivity contribution is 5.77. The van der Waals surface area contributed by atoms with E-state index in [-0.39, 0.29) is 38.2 Å². The molecule has 55 heavy (non-hydrogen) atoms. The van der Waals surface area contributed by atoms with Gasteiger partial charge < -0.3 is 53.8 Å². The first-order valence-corrected chi connectivity index (χ1v) is 19.2. The Labute approximate surface area is 324 Å². The van der Waals surface area contributed by atoms with Crippen LogP contribution in [-0.4, -0.2) is 118 Å². The zero-order valence-electron chi connectivity index (χ0n) is 34.2. The normalized spacial score (nSPS) is 34.3. The van der Waals surface area contributed by atoms with Gasteiger partial charge in [0.25, 0.3) is 0 Å². The maximum absolute atomic E-state index is 13.9. The van der Waals surface area contributed by atoms with Crippen molar-refractivity contribution in [3.8, 4) is 0 Å². The lowest BCUT2D eigenvalue weighted by molar-refractivity contribution is -0.389. The van der Waals surface area contributed by atoms with Crippen molar-refractivity contribution in [2.45, 2.75) is 180 Å². The van der Waals surface area contributed by atoms with Gasteiger partial charge in [-0.25, -0.2) is 9.59 Å². The Morgan fingerprint density at radius 3 is 2.22 bits per heavy atom. The number of amides is 1. The molecule has 2 aliphatic heterocycles. The third-order valence-corrected chi connectivity index (χ3v) is 11.1. The summed E-state index contributed by atoms with van der Waals surface area (Å²) in [4.78, 5) is 52.1. The molecule has 12 atom stereocenters. The molecule has 1 unspecified atom stereocenters. The van der Waals surface area contributed by atoms with Crippen molar-refractivity contribution in [3.05, 3.63) is 23.8 Å². The van der Waals surface area contributed by atoms with E-state index in [0.29, 0.717) is 17.6 Å². The quantitative estimate of drug-likeness (QED) is 0.119. The van der Waals surface area contributed by atoms with Crippen molar-refractivity contribution in [2.75, 3.05) is 6.61 Å². The maximum Gasteiger partial charge on any atom is 0.407 e. The number of alkyl carbamates (subject to hydrolysis) is 1. The van der Waals surface area contributed by atoms with Crippen LogP contribution in [0.5, 0.6) is 0 Å². The third kappa shape index (κ3) is 9.90. The Hall–Kier alpha value is -3.08. The highest BCUT2D eigenvalue weighted by Crippen LogP contribution is 2.62. The van der Waals surface area contributed by atoms with Crippen LogP contribution >= 0.6 is 0 Å². The summed E-state index contributed by atoms with van der Waals surface area (Å²) in [5.41, 5.74) is -3.61. The number of ether oxygens (including phenoxy) is 7. The molecule has 2 saturated heterocycles. The Morgan fingerprint density at radius 1 is 1.05 bits per heavy atom. The summed E-state index contributed by atoms with van der Waals surface area (Å²) in [6.45, 7) is 22.0. The monoisotopic (exact) mass is 781 g/mol. The molecule has 0 aromatic carbocycles. The van der Waals surface area contributed by atoms with Crippen molar-refractivity contribution >= 4 is 24.0 Å². The molecule has 4 fully saturated rings. The van der Waals surface area contributed by atoms with E-state index in [1.165, 1.54) is 19.9 Å². The fourth-order valence-electron chi connectivity index (χ4n) is 8.82. The van der Waals surface area contributed by atoms with Crippen LogP contribution < -0.4 is 5.32 Å². The second kappa shape index (κ2) is 16.8. The van der Waals surface area contributed by atoms with Gasteiger partial charge in [-0.3, -0.25) is 9.59 Å². The number of rotatable bonds is 13. The van der Waals surface area contributed by atoms with Gasteiger partial charge in [0.2, 0.25) is 0 Å². The molecule has 2 aliphatic carbocycles. The fourth-order valence-corrected chi connectivity index (χ4v) is 8.82. The van der Waals surface area contributed by atoms with Gasteiger partial charge in [-0.05, 0) is 90.4 Å². The van der Waals surface area contributed by atoms with Gasteiger partial charge in [0.15, 0.2) is 24.1 Å². The Morgan fingerprint density at radius 2 is 1.71 bits per heavy atom. The molecule has 4 rings (SSSR count). The number of nitrogens with one attached hydrogen (secondary N) is 1. The molecule has 15 nitrogen and oxygen atoms in total. The van der Waals surface area contributed by atoms with Crippen molar-refractivity contribution in [1.82, 2.24) is 5.32 Å². The maximum atomic E-state index is 13.9. The zero-order chi connectivity index (χ0) is 41.4. The van der Waals surface area contributed by atoms with Gasteiger partial charge >= 0.3 is 24.0 Å². The molecule has 4 N–H and O–H groups in total. The van der Waals surface area contributed by atoms with Gasteiger partial charge in [0.05, 0.1) is 30.5 Å². The molecular weight excluding hydrogens is 718 g/mol. The number of carbonyl (C=O) groups is 4. The van der Waals surface area contributed by atoms with E-state index < -0.39 is 107 Å². The summed E-state index contributed by atoms with van der Waals surface area (Å²) in [5, 5.41) is 37.1. The molecule has 0 radical (unpaired) electrons. The van der Waals surface area contributed by atoms with Crippen LogP contribution in [0, 0.1) is 17.3 Å². The van der Waals surface area contributed by atoms with Gasteiger partial charge in [-0.15, -0.1) is 0 Å². The van der Waals surface area contributed by atoms with Gasteiger partial charge in [-0.1, -0.05) is 27.4 Å². The average molecular weight is 782 g/mol. The fraction of sp³-hybridized carbons (Fsp3) is 0.800. The molecule has 0 bridgehead atoms. The number of aliphatic hydroxyl groups is 3. The molecule has 1 amide bonds. The Balaban J connectivity index is 1.83. The van der Waals surface area contributed by atoms with Crippen molar-refractivity contribution in [1.29, 1.82) is 0 Å². The Kier molecular flexibility index (Phi) is 13.6. The number of carbonyl (C=O) groups excluding carboxylic acids is 4. The molecule has 2 heterocycles. The minimum atomic E-state index is -1.81. The van der Waals surface area contributed by atoms with Crippen LogP contribution in [0.4, 0.5) is 4.79 Å². The van der Waals surface area contributed by atoms with E-state index >= 15 is 0 Å². The minimum absolute atomic E-state index is 0.0216. The number of hydrogen-bond donors (Lipinski definition) is 4. The van der Waals surface area contributed by atoms with E-state index in [1.807, 2.05) is 20.8 Å². The Bertz CT molecular complexity index is 1480. The van der Waals surface area contributed by atoms with E-state index in [1.54, 1.807) is 41.5 Å². The summed E-state index contributed by atoms with van der Waals surface area (Å²) in [6.07, 6.45) is -7.19. The second-order valence-electron chi connectivity index (χ2n) is 17.8. The number of aliphatic hydroxyl groups excluding tert-OH is 2. The van der Waals surface area contributed by atoms with Crippen LogP contribution in [0.15, 0.2) is 23.8 Å². The van der Waals surface area contributed by atoms with Gasteiger partial charge in [0.1, 0.15) is 23.9 Å². The largest absolute Gasteiger partial charge is 0.456 e. The molecular formula is C40H63NO14. The molecule has 0 aromatic rings. The van der Waals surface area contributed by atoms with Crippen LogP contribution in [0.2, 0.25) is 0 Å². The van der Waals surface area contributed by atoms with Crippen LogP contribution in [-0.2, 0) is 47.5 Å². The third-order valence-electron chi connectivity index (χ3n) is 11.1. The van der Waals surface area contributed by atoms with Crippen LogP contribution in [0.1, 0.15) is 108 Å². The summed E-state index contributed by atoms with van der Waals surface area (Å²) >= 11 is 0. The molecule has 4 aliphatic rings. The highest BCUT2D eigenvalue weighted by Gasteiger charge is 2.75. The van der Waals surface area contributed by atoms with E-state index in [0.717, 1.165) is 0 Å².